The standard InChI is InChI=1S/C14H26N2O3/c1-5-6-12(15-18)11-7-9-16(10-8-11)13(17)19-14(2,3)4/h11,18H,5-10H2,1-4H3/b15-12+. The van der Waals surface area contributed by atoms with Crippen molar-refractivity contribution in [1.29, 1.82) is 0 Å². The molecule has 1 rings (SSSR count). The summed E-state index contributed by atoms with van der Waals surface area (Å²) in [7, 11) is 0. The molecule has 0 aromatic rings. The summed E-state index contributed by atoms with van der Waals surface area (Å²) in [6, 6.07) is 0. The van der Waals surface area contributed by atoms with Crippen LogP contribution in [-0.2, 0) is 4.74 Å². The lowest BCUT2D eigenvalue weighted by atomic mass is 9.90. The lowest BCUT2D eigenvalue weighted by Crippen LogP contribution is -2.43. The first kappa shape index (κ1) is 15.8. The van der Waals surface area contributed by atoms with Gasteiger partial charge < -0.3 is 14.8 Å². The molecule has 1 aliphatic rings. The third-order valence-corrected chi connectivity index (χ3v) is 3.25. The Kier molecular flexibility index (Phi) is 5.63. The lowest BCUT2D eigenvalue weighted by molar-refractivity contribution is 0.0201. The molecular weight excluding hydrogens is 244 g/mol. The number of carbonyl (C=O) groups excluding carboxylic acids is 1. The Morgan fingerprint density at radius 3 is 2.37 bits per heavy atom. The molecule has 0 aliphatic carbocycles. The average Bonchev–Trinajstić information content (AvgIpc) is 2.34. The first-order chi connectivity index (χ1) is 8.87. The smallest absolute Gasteiger partial charge is 0.410 e. The summed E-state index contributed by atoms with van der Waals surface area (Å²) < 4.78 is 5.35. The molecule has 110 valence electrons. The van der Waals surface area contributed by atoms with Crippen molar-refractivity contribution in [1.82, 2.24) is 4.90 Å². The number of rotatable bonds is 3. The molecule has 1 fully saturated rings. The Morgan fingerprint density at radius 2 is 1.95 bits per heavy atom. The summed E-state index contributed by atoms with van der Waals surface area (Å²) in [4.78, 5) is 13.6. The van der Waals surface area contributed by atoms with Crippen LogP contribution in [-0.4, -0.2) is 40.6 Å². The molecule has 1 heterocycles. The van der Waals surface area contributed by atoms with E-state index < -0.39 is 5.60 Å². The van der Waals surface area contributed by atoms with Crippen molar-refractivity contribution in [3.63, 3.8) is 0 Å². The zero-order valence-corrected chi connectivity index (χ0v) is 12.5. The van der Waals surface area contributed by atoms with Gasteiger partial charge in [0.25, 0.3) is 0 Å². The molecular formula is C14H26N2O3. The molecule has 0 spiro atoms. The summed E-state index contributed by atoms with van der Waals surface area (Å²) in [5.41, 5.74) is 0.416. The van der Waals surface area contributed by atoms with Gasteiger partial charge in [0, 0.05) is 19.0 Å². The Labute approximate surface area is 115 Å². The highest BCUT2D eigenvalue weighted by atomic mass is 16.6. The van der Waals surface area contributed by atoms with Crippen molar-refractivity contribution in [3.8, 4) is 0 Å². The van der Waals surface area contributed by atoms with Crippen LogP contribution in [0.5, 0.6) is 0 Å². The van der Waals surface area contributed by atoms with E-state index in [-0.39, 0.29) is 6.09 Å². The van der Waals surface area contributed by atoms with E-state index in [1.807, 2.05) is 20.8 Å². The Hall–Kier alpha value is -1.26. The molecule has 19 heavy (non-hydrogen) atoms. The van der Waals surface area contributed by atoms with E-state index in [4.69, 9.17) is 9.94 Å². The van der Waals surface area contributed by atoms with Crippen molar-refractivity contribution in [2.24, 2.45) is 11.1 Å². The van der Waals surface area contributed by atoms with Crippen LogP contribution in [0.1, 0.15) is 53.4 Å². The van der Waals surface area contributed by atoms with Gasteiger partial charge in [0.05, 0.1) is 5.71 Å². The number of piperidine rings is 1. The lowest BCUT2D eigenvalue weighted by Gasteiger charge is -2.33. The minimum absolute atomic E-state index is 0.246. The van der Waals surface area contributed by atoms with Crippen LogP contribution >= 0.6 is 0 Å². The van der Waals surface area contributed by atoms with E-state index in [0.29, 0.717) is 19.0 Å². The molecule has 0 aromatic carbocycles. The van der Waals surface area contributed by atoms with E-state index in [1.54, 1.807) is 4.90 Å². The molecule has 5 nitrogen and oxygen atoms in total. The van der Waals surface area contributed by atoms with Gasteiger partial charge in [-0.3, -0.25) is 0 Å². The van der Waals surface area contributed by atoms with E-state index in [9.17, 15) is 4.79 Å². The minimum Gasteiger partial charge on any atom is -0.444 e. The summed E-state index contributed by atoms with van der Waals surface area (Å²) in [6.07, 6.45) is 3.25. The maximum absolute atomic E-state index is 11.9. The predicted octanol–water partition coefficient (Wildman–Crippen LogP) is 3.26. The van der Waals surface area contributed by atoms with Crippen LogP contribution < -0.4 is 0 Å². The SMILES string of the molecule is CCC/C(=N\O)C1CCN(C(=O)OC(C)(C)C)CC1. The monoisotopic (exact) mass is 270 g/mol. The fourth-order valence-corrected chi connectivity index (χ4v) is 2.31. The van der Waals surface area contributed by atoms with Gasteiger partial charge in [-0.2, -0.15) is 0 Å². The largest absolute Gasteiger partial charge is 0.444 e. The molecule has 1 aliphatic heterocycles. The molecule has 0 saturated carbocycles. The van der Waals surface area contributed by atoms with Crippen molar-refractivity contribution in [2.45, 2.75) is 59.0 Å². The number of ether oxygens (including phenoxy) is 1. The summed E-state index contributed by atoms with van der Waals surface area (Å²) in [5, 5.41) is 12.4. The highest BCUT2D eigenvalue weighted by Crippen LogP contribution is 2.22. The number of hydrogen-bond donors (Lipinski definition) is 1. The van der Waals surface area contributed by atoms with E-state index in [2.05, 4.69) is 12.1 Å². The summed E-state index contributed by atoms with van der Waals surface area (Å²) >= 11 is 0. The van der Waals surface area contributed by atoms with Crippen molar-refractivity contribution in [2.75, 3.05) is 13.1 Å². The number of likely N-dealkylation sites (tertiary alicyclic amines) is 1. The number of nitrogens with zero attached hydrogens (tertiary/aromatic N) is 2. The second-order valence-corrected chi connectivity index (χ2v) is 6.08. The molecule has 0 unspecified atom stereocenters. The molecule has 1 N–H and O–H groups in total. The maximum Gasteiger partial charge on any atom is 0.410 e. The van der Waals surface area contributed by atoms with Crippen molar-refractivity contribution >= 4 is 11.8 Å². The van der Waals surface area contributed by atoms with Crippen molar-refractivity contribution in [3.05, 3.63) is 0 Å². The first-order valence-corrected chi connectivity index (χ1v) is 7.06. The summed E-state index contributed by atoms with van der Waals surface area (Å²) in [5.74, 6) is 0.295. The van der Waals surface area contributed by atoms with Crippen LogP contribution in [0.3, 0.4) is 0 Å². The average molecular weight is 270 g/mol. The number of amides is 1. The number of carbonyl (C=O) groups is 1. The van der Waals surface area contributed by atoms with Gasteiger partial charge in [0.15, 0.2) is 0 Å². The maximum atomic E-state index is 11.9. The Bertz CT molecular complexity index is 326. The molecule has 0 atom stereocenters. The van der Waals surface area contributed by atoms with Crippen LogP contribution in [0, 0.1) is 5.92 Å². The fourth-order valence-electron chi connectivity index (χ4n) is 2.31. The van der Waals surface area contributed by atoms with Gasteiger partial charge in [0.2, 0.25) is 0 Å². The van der Waals surface area contributed by atoms with E-state index >= 15 is 0 Å². The van der Waals surface area contributed by atoms with Crippen LogP contribution in [0.25, 0.3) is 0 Å². The van der Waals surface area contributed by atoms with Crippen molar-refractivity contribution < 1.29 is 14.7 Å². The van der Waals surface area contributed by atoms with Gasteiger partial charge in [0.1, 0.15) is 5.60 Å². The van der Waals surface area contributed by atoms with Gasteiger partial charge in [-0.15, -0.1) is 0 Å². The Balaban J connectivity index is 2.46. The highest BCUT2D eigenvalue weighted by Gasteiger charge is 2.28. The van der Waals surface area contributed by atoms with Gasteiger partial charge >= 0.3 is 6.09 Å². The third kappa shape index (κ3) is 5.09. The van der Waals surface area contributed by atoms with Gasteiger partial charge in [-0.25, -0.2) is 4.79 Å². The second-order valence-electron chi connectivity index (χ2n) is 6.08. The minimum atomic E-state index is -0.451. The molecule has 0 aromatic heterocycles. The van der Waals surface area contributed by atoms with Crippen LogP contribution in [0.4, 0.5) is 4.79 Å². The fraction of sp³-hybridized carbons (Fsp3) is 0.857. The van der Waals surface area contributed by atoms with Crippen LogP contribution in [0.15, 0.2) is 5.16 Å². The first-order valence-electron chi connectivity index (χ1n) is 7.06. The number of hydrogen-bond acceptors (Lipinski definition) is 4. The van der Waals surface area contributed by atoms with Gasteiger partial charge in [-0.1, -0.05) is 18.5 Å². The van der Waals surface area contributed by atoms with E-state index in [0.717, 1.165) is 31.4 Å². The molecule has 0 radical (unpaired) electrons. The Morgan fingerprint density at radius 1 is 1.37 bits per heavy atom. The quantitative estimate of drug-likeness (QED) is 0.486. The van der Waals surface area contributed by atoms with Crippen LogP contribution in [0.2, 0.25) is 0 Å². The molecule has 0 bridgehead atoms. The highest BCUT2D eigenvalue weighted by molar-refractivity contribution is 5.86. The molecule has 5 heteroatoms. The summed E-state index contributed by atoms with van der Waals surface area (Å²) in [6.45, 7) is 9.02. The second kappa shape index (κ2) is 6.78. The normalized spacial score (nSPS) is 18.5. The number of oxime groups is 1. The predicted molar refractivity (Wildman–Crippen MR) is 74.7 cm³/mol. The zero-order chi connectivity index (χ0) is 14.5. The van der Waals surface area contributed by atoms with Gasteiger partial charge in [-0.05, 0) is 40.0 Å². The molecule has 1 saturated heterocycles. The topological polar surface area (TPSA) is 62.1 Å². The van der Waals surface area contributed by atoms with E-state index in [1.165, 1.54) is 0 Å². The third-order valence-electron chi connectivity index (χ3n) is 3.25. The zero-order valence-electron chi connectivity index (χ0n) is 12.5. The molecule has 1 amide bonds.